The summed E-state index contributed by atoms with van der Waals surface area (Å²) in [5.41, 5.74) is 0.943. The van der Waals surface area contributed by atoms with Gasteiger partial charge in [0.25, 0.3) is 5.91 Å². The average Bonchev–Trinajstić information content (AvgIpc) is 2.67. The van der Waals surface area contributed by atoms with Crippen LogP contribution in [-0.2, 0) is 9.84 Å². The molecule has 1 atom stereocenters. The van der Waals surface area contributed by atoms with Crippen molar-refractivity contribution in [3.8, 4) is 0 Å². The van der Waals surface area contributed by atoms with Crippen LogP contribution < -0.4 is 10.2 Å². The monoisotopic (exact) mass is 298 g/mol. The SMILES string of the molecule is Cc1cc(C(=O)N[C@H]2CCS(=O)(=O)C2)nc(N(C)C)n1. The van der Waals surface area contributed by atoms with E-state index < -0.39 is 9.84 Å². The minimum Gasteiger partial charge on any atom is -0.347 e. The number of aryl methyl sites for hydroxylation is 1. The molecule has 0 bridgehead atoms. The van der Waals surface area contributed by atoms with Gasteiger partial charge in [-0.25, -0.2) is 18.4 Å². The summed E-state index contributed by atoms with van der Waals surface area (Å²) in [7, 11) is 0.575. The Bertz CT molecular complexity index is 628. The molecule has 110 valence electrons. The number of carbonyl (C=O) groups excluding carboxylic acids is 1. The Morgan fingerprint density at radius 2 is 2.10 bits per heavy atom. The quantitative estimate of drug-likeness (QED) is 0.828. The fourth-order valence-electron chi connectivity index (χ4n) is 2.04. The van der Waals surface area contributed by atoms with E-state index in [9.17, 15) is 13.2 Å². The second-order valence-corrected chi connectivity index (χ2v) is 7.39. The normalized spacial score (nSPS) is 20.6. The molecule has 0 spiro atoms. The van der Waals surface area contributed by atoms with E-state index in [0.29, 0.717) is 18.1 Å². The van der Waals surface area contributed by atoms with Crippen molar-refractivity contribution in [1.29, 1.82) is 0 Å². The van der Waals surface area contributed by atoms with Crippen LogP contribution in [0.15, 0.2) is 6.07 Å². The summed E-state index contributed by atoms with van der Waals surface area (Å²) in [4.78, 5) is 22.2. The summed E-state index contributed by atoms with van der Waals surface area (Å²) < 4.78 is 22.7. The Balaban J connectivity index is 2.13. The smallest absolute Gasteiger partial charge is 0.270 e. The first kappa shape index (κ1) is 14.7. The maximum Gasteiger partial charge on any atom is 0.270 e. The number of hydrogen-bond donors (Lipinski definition) is 1. The highest BCUT2D eigenvalue weighted by Crippen LogP contribution is 2.13. The number of nitrogens with one attached hydrogen (secondary N) is 1. The average molecular weight is 298 g/mol. The van der Waals surface area contributed by atoms with Crippen LogP contribution in [0.1, 0.15) is 22.6 Å². The van der Waals surface area contributed by atoms with Crippen molar-refractivity contribution >= 4 is 21.7 Å². The number of amides is 1. The molecule has 0 unspecified atom stereocenters. The van der Waals surface area contributed by atoms with Gasteiger partial charge in [-0.3, -0.25) is 4.79 Å². The molecule has 0 radical (unpaired) electrons. The molecule has 0 saturated carbocycles. The molecule has 1 aromatic heterocycles. The zero-order chi connectivity index (χ0) is 14.9. The predicted octanol–water partition coefficient (Wildman–Crippen LogP) is -0.232. The molecule has 1 N–H and O–H groups in total. The molecular weight excluding hydrogens is 280 g/mol. The summed E-state index contributed by atoms with van der Waals surface area (Å²) in [6.45, 7) is 1.78. The van der Waals surface area contributed by atoms with Crippen LogP contribution in [0, 0.1) is 6.92 Å². The second kappa shape index (κ2) is 5.35. The van der Waals surface area contributed by atoms with E-state index in [1.807, 2.05) is 0 Å². The van der Waals surface area contributed by atoms with Crippen molar-refractivity contribution in [2.45, 2.75) is 19.4 Å². The van der Waals surface area contributed by atoms with Gasteiger partial charge >= 0.3 is 0 Å². The highest BCUT2D eigenvalue weighted by molar-refractivity contribution is 7.91. The van der Waals surface area contributed by atoms with E-state index in [1.54, 1.807) is 32.0 Å². The molecule has 1 fully saturated rings. The third-order valence-electron chi connectivity index (χ3n) is 3.04. The number of carbonyl (C=O) groups is 1. The first-order chi connectivity index (χ1) is 9.27. The van der Waals surface area contributed by atoms with Crippen molar-refractivity contribution in [1.82, 2.24) is 15.3 Å². The summed E-state index contributed by atoms with van der Waals surface area (Å²) >= 11 is 0. The van der Waals surface area contributed by atoms with Gasteiger partial charge in [0.1, 0.15) is 5.69 Å². The van der Waals surface area contributed by atoms with Gasteiger partial charge in [0.05, 0.1) is 11.5 Å². The maximum atomic E-state index is 12.1. The van der Waals surface area contributed by atoms with Gasteiger partial charge in [-0.05, 0) is 19.4 Å². The topological polar surface area (TPSA) is 92.3 Å². The number of aromatic nitrogens is 2. The molecule has 0 aromatic carbocycles. The zero-order valence-electron chi connectivity index (χ0n) is 11.8. The molecule has 1 aromatic rings. The molecule has 1 aliphatic rings. The predicted molar refractivity (Wildman–Crippen MR) is 75.6 cm³/mol. The van der Waals surface area contributed by atoms with Crippen molar-refractivity contribution in [3.05, 3.63) is 17.5 Å². The lowest BCUT2D eigenvalue weighted by atomic mass is 10.2. The Hall–Kier alpha value is -1.70. The van der Waals surface area contributed by atoms with Crippen molar-refractivity contribution in [3.63, 3.8) is 0 Å². The summed E-state index contributed by atoms with van der Waals surface area (Å²) in [6, 6.07) is 1.26. The summed E-state index contributed by atoms with van der Waals surface area (Å²) in [5.74, 6) is 0.224. The van der Waals surface area contributed by atoms with Crippen LogP contribution in [0.5, 0.6) is 0 Å². The standard InChI is InChI=1S/C12H18N4O3S/c1-8-6-10(15-12(13-8)16(2)3)11(17)14-9-4-5-20(18,19)7-9/h6,9H,4-5,7H2,1-3H3,(H,14,17)/t9-/m0/s1. The van der Waals surface area contributed by atoms with Crippen molar-refractivity contribution in [2.75, 3.05) is 30.5 Å². The lowest BCUT2D eigenvalue weighted by Crippen LogP contribution is -2.36. The summed E-state index contributed by atoms with van der Waals surface area (Å²) in [5, 5.41) is 2.72. The van der Waals surface area contributed by atoms with Crippen molar-refractivity contribution < 1.29 is 13.2 Å². The molecule has 1 aliphatic heterocycles. The van der Waals surface area contributed by atoms with Crippen LogP contribution in [0.4, 0.5) is 5.95 Å². The second-order valence-electron chi connectivity index (χ2n) is 5.16. The highest BCUT2D eigenvalue weighted by atomic mass is 32.2. The Labute approximate surface area is 118 Å². The van der Waals surface area contributed by atoms with Gasteiger partial charge in [-0.15, -0.1) is 0 Å². The minimum atomic E-state index is -3.01. The van der Waals surface area contributed by atoms with Crippen LogP contribution in [0.2, 0.25) is 0 Å². The van der Waals surface area contributed by atoms with Gasteiger partial charge in [-0.1, -0.05) is 0 Å². The van der Waals surface area contributed by atoms with Gasteiger partial charge < -0.3 is 10.2 Å². The Kier molecular flexibility index (Phi) is 3.94. The molecule has 2 rings (SSSR count). The first-order valence-corrected chi connectivity index (χ1v) is 8.13. The lowest BCUT2D eigenvalue weighted by molar-refractivity contribution is 0.0936. The van der Waals surface area contributed by atoms with Crippen LogP contribution in [-0.4, -0.2) is 55.9 Å². The molecule has 8 heteroatoms. The number of sulfone groups is 1. The van der Waals surface area contributed by atoms with Gasteiger partial charge in [0, 0.05) is 25.8 Å². The Morgan fingerprint density at radius 3 is 2.65 bits per heavy atom. The minimum absolute atomic E-state index is 0.00332. The number of anilines is 1. The first-order valence-electron chi connectivity index (χ1n) is 6.31. The van der Waals surface area contributed by atoms with E-state index in [2.05, 4.69) is 15.3 Å². The molecule has 2 heterocycles. The van der Waals surface area contributed by atoms with Crippen LogP contribution in [0.25, 0.3) is 0 Å². The highest BCUT2D eigenvalue weighted by Gasteiger charge is 2.29. The van der Waals surface area contributed by atoms with E-state index in [1.165, 1.54) is 0 Å². The number of nitrogens with zero attached hydrogens (tertiary/aromatic N) is 3. The van der Waals surface area contributed by atoms with Gasteiger partial charge in [0.2, 0.25) is 5.95 Å². The third kappa shape index (κ3) is 3.44. The molecule has 1 amide bonds. The largest absolute Gasteiger partial charge is 0.347 e. The van der Waals surface area contributed by atoms with E-state index >= 15 is 0 Å². The van der Waals surface area contributed by atoms with E-state index in [0.717, 1.165) is 0 Å². The summed E-state index contributed by atoms with van der Waals surface area (Å²) in [6.07, 6.45) is 0.457. The zero-order valence-corrected chi connectivity index (χ0v) is 12.6. The number of hydrogen-bond acceptors (Lipinski definition) is 6. The fraction of sp³-hybridized carbons (Fsp3) is 0.583. The lowest BCUT2D eigenvalue weighted by Gasteiger charge is -2.14. The number of rotatable bonds is 3. The molecular formula is C12H18N4O3S. The van der Waals surface area contributed by atoms with Crippen LogP contribution >= 0.6 is 0 Å². The van der Waals surface area contributed by atoms with Gasteiger partial charge in [0.15, 0.2) is 9.84 Å². The van der Waals surface area contributed by atoms with Gasteiger partial charge in [-0.2, -0.15) is 0 Å². The molecule has 1 saturated heterocycles. The van der Waals surface area contributed by atoms with E-state index in [4.69, 9.17) is 0 Å². The maximum absolute atomic E-state index is 12.1. The van der Waals surface area contributed by atoms with Crippen molar-refractivity contribution in [2.24, 2.45) is 0 Å². The molecule has 20 heavy (non-hydrogen) atoms. The Morgan fingerprint density at radius 1 is 1.40 bits per heavy atom. The van der Waals surface area contributed by atoms with Crippen LogP contribution in [0.3, 0.4) is 0 Å². The molecule has 0 aliphatic carbocycles. The fourth-order valence-corrected chi connectivity index (χ4v) is 3.71. The third-order valence-corrected chi connectivity index (χ3v) is 4.81. The molecule has 7 nitrogen and oxygen atoms in total. The van der Waals surface area contributed by atoms with E-state index in [-0.39, 0.29) is 29.1 Å².